The van der Waals surface area contributed by atoms with Crippen molar-refractivity contribution in [3.05, 3.63) is 64.8 Å². The van der Waals surface area contributed by atoms with Gasteiger partial charge in [0.1, 0.15) is 5.75 Å². The Morgan fingerprint density at radius 2 is 2.08 bits per heavy atom. The second kappa shape index (κ2) is 8.40. The average molecular weight is 370 g/mol. The molecule has 0 radical (unpaired) electrons. The van der Waals surface area contributed by atoms with Gasteiger partial charge in [-0.3, -0.25) is 4.99 Å². The highest BCUT2D eigenvalue weighted by Gasteiger charge is 2.02. The number of hydrogen-bond acceptors (Lipinski definition) is 3. The number of nitrogens with zero attached hydrogens (tertiary/aromatic N) is 2. The number of benzene rings is 2. The zero-order valence-electron chi connectivity index (χ0n) is 14.4. The van der Waals surface area contributed by atoms with Crippen LogP contribution in [-0.4, -0.2) is 30.8 Å². The van der Waals surface area contributed by atoms with Crippen LogP contribution in [-0.2, 0) is 6.42 Å². The minimum Gasteiger partial charge on any atom is -0.497 e. The van der Waals surface area contributed by atoms with Crippen molar-refractivity contribution in [2.75, 3.05) is 13.7 Å². The average Bonchev–Trinajstić information content (AvgIpc) is 3.05. The minimum absolute atomic E-state index is 0.275. The molecule has 0 saturated heterocycles. The molecule has 7 heteroatoms. The molecule has 134 valence electrons. The number of aromatic amines is 1. The van der Waals surface area contributed by atoms with Gasteiger partial charge in [0, 0.05) is 40.3 Å². The number of halogens is 1. The van der Waals surface area contributed by atoms with Gasteiger partial charge in [-0.15, -0.1) is 0 Å². The van der Waals surface area contributed by atoms with Crippen molar-refractivity contribution in [1.82, 2.24) is 10.4 Å². The van der Waals surface area contributed by atoms with Gasteiger partial charge in [-0.25, -0.2) is 5.43 Å². The number of methoxy groups -OCH3 is 1. The summed E-state index contributed by atoms with van der Waals surface area (Å²) >= 11 is 5.87. The molecule has 1 heterocycles. The molecule has 0 amide bonds. The summed E-state index contributed by atoms with van der Waals surface area (Å²) in [6, 6.07) is 13.5. The number of hydrazone groups is 1. The van der Waals surface area contributed by atoms with Gasteiger partial charge in [-0.1, -0.05) is 23.7 Å². The fourth-order valence-electron chi connectivity index (χ4n) is 2.52. The molecule has 3 aromatic rings. The summed E-state index contributed by atoms with van der Waals surface area (Å²) in [4.78, 5) is 7.45. The molecular weight excluding hydrogens is 350 g/mol. The molecule has 0 aliphatic rings. The first-order chi connectivity index (χ1) is 12.7. The van der Waals surface area contributed by atoms with Crippen LogP contribution < -0.4 is 15.9 Å². The summed E-state index contributed by atoms with van der Waals surface area (Å²) in [6.45, 7) is 0.572. The normalized spacial score (nSPS) is 12.0. The fourth-order valence-corrected chi connectivity index (χ4v) is 2.65. The van der Waals surface area contributed by atoms with Gasteiger partial charge in [-0.2, -0.15) is 5.10 Å². The highest BCUT2D eigenvalue weighted by molar-refractivity contribution is 6.30. The highest BCUT2D eigenvalue weighted by Crippen LogP contribution is 2.22. The van der Waals surface area contributed by atoms with Crippen molar-refractivity contribution >= 4 is 34.7 Å². The van der Waals surface area contributed by atoms with E-state index in [4.69, 9.17) is 22.1 Å². The van der Waals surface area contributed by atoms with Crippen LogP contribution in [0.2, 0.25) is 5.02 Å². The first kappa shape index (κ1) is 17.8. The van der Waals surface area contributed by atoms with Crippen LogP contribution >= 0.6 is 11.6 Å². The van der Waals surface area contributed by atoms with Crippen LogP contribution in [0.15, 0.2) is 58.8 Å². The first-order valence-electron chi connectivity index (χ1n) is 8.14. The molecule has 4 N–H and O–H groups in total. The lowest BCUT2D eigenvalue weighted by Gasteiger charge is -2.01. The zero-order valence-corrected chi connectivity index (χ0v) is 15.1. The number of aliphatic imine (C=N–C) groups is 1. The van der Waals surface area contributed by atoms with E-state index in [0.29, 0.717) is 6.54 Å². The molecule has 26 heavy (non-hydrogen) atoms. The number of ether oxygens (including phenoxy) is 1. The Hall–Kier alpha value is -2.99. The molecule has 0 atom stereocenters. The molecule has 0 spiro atoms. The van der Waals surface area contributed by atoms with Crippen molar-refractivity contribution in [2.24, 2.45) is 15.8 Å². The van der Waals surface area contributed by atoms with Gasteiger partial charge in [0.2, 0.25) is 5.96 Å². The van der Waals surface area contributed by atoms with E-state index in [1.165, 1.54) is 0 Å². The Balaban J connectivity index is 1.55. The first-order valence-corrected chi connectivity index (χ1v) is 8.52. The van der Waals surface area contributed by atoms with E-state index in [1.807, 2.05) is 48.7 Å². The SMILES string of the molecule is COc1ccc2c(/C=N/NC(N)=NCCc3ccc(Cl)cc3)c[nH]c2c1. The zero-order chi connectivity index (χ0) is 18.4. The number of rotatable bonds is 6. The summed E-state index contributed by atoms with van der Waals surface area (Å²) in [7, 11) is 1.64. The van der Waals surface area contributed by atoms with Gasteiger partial charge in [0.05, 0.1) is 13.3 Å². The Morgan fingerprint density at radius 1 is 1.27 bits per heavy atom. The lowest BCUT2D eigenvalue weighted by atomic mass is 10.1. The maximum absolute atomic E-state index is 5.87. The van der Waals surface area contributed by atoms with Gasteiger partial charge >= 0.3 is 0 Å². The van der Waals surface area contributed by atoms with Gasteiger partial charge in [0.15, 0.2) is 0 Å². The number of fused-ring (bicyclic) bond motifs is 1. The Morgan fingerprint density at radius 3 is 2.85 bits per heavy atom. The minimum atomic E-state index is 0.275. The summed E-state index contributed by atoms with van der Waals surface area (Å²) < 4.78 is 5.21. The molecule has 0 fully saturated rings. The van der Waals surface area contributed by atoms with Crippen molar-refractivity contribution in [3.63, 3.8) is 0 Å². The van der Waals surface area contributed by atoms with Crippen molar-refractivity contribution < 1.29 is 4.74 Å². The molecule has 3 rings (SSSR count). The smallest absolute Gasteiger partial charge is 0.209 e. The van der Waals surface area contributed by atoms with Crippen LogP contribution in [0.4, 0.5) is 0 Å². The second-order valence-corrected chi connectivity index (χ2v) is 6.11. The lowest BCUT2D eigenvalue weighted by Crippen LogP contribution is -2.27. The number of H-pyrrole nitrogens is 1. The van der Waals surface area contributed by atoms with Crippen molar-refractivity contribution in [1.29, 1.82) is 0 Å². The van der Waals surface area contributed by atoms with E-state index in [1.54, 1.807) is 13.3 Å². The van der Waals surface area contributed by atoms with E-state index in [9.17, 15) is 0 Å². The number of nitrogens with one attached hydrogen (secondary N) is 2. The van der Waals surface area contributed by atoms with Gasteiger partial charge < -0.3 is 15.5 Å². The largest absolute Gasteiger partial charge is 0.497 e. The van der Waals surface area contributed by atoms with Gasteiger partial charge in [0.25, 0.3) is 0 Å². The summed E-state index contributed by atoms with van der Waals surface area (Å²) in [5.41, 5.74) is 11.7. The molecule has 2 aromatic carbocycles. The monoisotopic (exact) mass is 369 g/mol. The predicted octanol–water partition coefficient (Wildman–Crippen LogP) is 3.31. The Bertz CT molecular complexity index is 931. The Labute approximate surface area is 156 Å². The summed E-state index contributed by atoms with van der Waals surface area (Å²) in [5.74, 6) is 1.08. The van der Waals surface area contributed by atoms with Crippen LogP contribution in [0.3, 0.4) is 0 Å². The maximum atomic E-state index is 5.87. The molecule has 0 aliphatic heterocycles. The Kier molecular flexibility index (Phi) is 5.76. The second-order valence-electron chi connectivity index (χ2n) is 5.67. The molecule has 0 unspecified atom stereocenters. The number of hydrogen-bond donors (Lipinski definition) is 3. The third-order valence-electron chi connectivity index (χ3n) is 3.90. The molecule has 0 aliphatic carbocycles. The molecule has 0 bridgehead atoms. The highest BCUT2D eigenvalue weighted by atomic mass is 35.5. The van der Waals surface area contributed by atoms with Crippen LogP contribution in [0.1, 0.15) is 11.1 Å². The fraction of sp³-hybridized carbons (Fsp3) is 0.158. The molecular formula is C19H20ClN5O. The lowest BCUT2D eigenvalue weighted by molar-refractivity contribution is 0.415. The molecule has 1 aromatic heterocycles. The third-order valence-corrected chi connectivity index (χ3v) is 4.15. The van der Waals surface area contributed by atoms with Crippen LogP contribution in [0.5, 0.6) is 5.75 Å². The van der Waals surface area contributed by atoms with E-state index < -0.39 is 0 Å². The topological polar surface area (TPSA) is 87.8 Å². The third kappa shape index (κ3) is 4.55. The number of aromatic nitrogens is 1. The summed E-state index contributed by atoms with van der Waals surface area (Å²) in [5, 5.41) is 5.92. The van der Waals surface area contributed by atoms with Crippen LogP contribution in [0.25, 0.3) is 10.9 Å². The summed E-state index contributed by atoms with van der Waals surface area (Å²) in [6.07, 6.45) is 4.36. The van der Waals surface area contributed by atoms with E-state index in [0.717, 1.165) is 39.2 Å². The van der Waals surface area contributed by atoms with Crippen LogP contribution in [0, 0.1) is 0 Å². The maximum Gasteiger partial charge on any atom is 0.209 e. The predicted molar refractivity (Wildman–Crippen MR) is 107 cm³/mol. The molecule has 0 saturated carbocycles. The standard InChI is InChI=1S/C19H20ClN5O/c1-26-16-6-7-17-14(11-23-18(17)10-16)12-24-25-19(21)22-9-8-13-2-4-15(20)5-3-13/h2-7,10-12,23H,8-9H2,1H3,(H3,21,22,25)/b24-12+. The van der Waals surface area contributed by atoms with Crippen molar-refractivity contribution in [2.45, 2.75) is 6.42 Å². The number of guanidine groups is 1. The van der Waals surface area contributed by atoms with E-state index in [-0.39, 0.29) is 5.96 Å². The van der Waals surface area contributed by atoms with E-state index in [2.05, 4.69) is 20.5 Å². The number of nitrogens with two attached hydrogens (primary N) is 1. The quantitative estimate of drug-likeness (QED) is 0.354. The van der Waals surface area contributed by atoms with Crippen molar-refractivity contribution in [3.8, 4) is 5.75 Å². The van der Waals surface area contributed by atoms with E-state index >= 15 is 0 Å². The van der Waals surface area contributed by atoms with Gasteiger partial charge in [-0.05, 0) is 36.2 Å². The molecule has 6 nitrogen and oxygen atoms in total.